The molecule has 2 aromatic carbocycles. The van der Waals surface area contributed by atoms with Gasteiger partial charge in [-0.1, -0.05) is 36.4 Å². The van der Waals surface area contributed by atoms with Crippen LogP contribution in [0.15, 0.2) is 77.0 Å². The van der Waals surface area contributed by atoms with Gasteiger partial charge < -0.3 is 5.32 Å². The number of thiophene rings is 1. The van der Waals surface area contributed by atoms with Crippen LogP contribution in [0.4, 0.5) is 5.69 Å². The zero-order valence-electron chi connectivity index (χ0n) is 15.0. The highest BCUT2D eigenvalue weighted by atomic mass is 32.2. The fourth-order valence-electron chi connectivity index (χ4n) is 2.69. The first-order valence-electron chi connectivity index (χ1n) is 8.38. The fourth-order valence-corrected chi connectivity index (χ4v) is 4.80. The molecule has 3 aromatic rings. The topological polar surface area (TPSA) is 66.5 Å². The van der Waals surface area contributed by atoms with Crippen LogP contribution in [0.25, 0.3) is 0 Å². The maximum Gasteiger partial charge on any atom is 0.264 e. The molecule has 7 heteroatoms. The Morgan fingerprint density at radius 3 is 2.33 bits per heavy atom. The lowest BCUT2D eigenvalue weighted by Gasteiger charge is -2.21. The number of anilines is 1. The van der Waals surface area contributed by atoms with E-state index in [1.807, 2.05) is 30.5 Å². The predicted molar refractivity (Wildman–Crippen MR) is 109 cm³/mol. The van der Waals surface area contributed by atoms with Crippen LogP contribution in [-0.2, 0) is 10.0 Å². The number of nitrogens with one attached hydrogen (secondary N) is 1. The molecule has 0 aliphatic carbocycles. The van der Waals surface area contributed by atoms with Crippen LogP contribution in [-0.4, -0.2) is 21.4 Å². The van der Waals surface area contributed by atoms with Crippen molar-refractivity contribution in [2.45, 2.75) is 17.9 Å². The molecule has 0 radical (unpaired) electrons. The van der Waals surface area contributed by atoms with E-state index in [1.54, 1.807) is 36.4 Å². The highest BCUT2D eigenvalue weighted by Gasteiger charge is 2.27. The van der Waals surface area contributed by atoms with Gasteiger partial charge in [-0.2, -0.15) is 0 Å². The summed E-state index contributed by atoms with van der Waals surface area (Å²) in [7, 11) is -2.40. The van der Waals surface area contributed by atoms with Gasteiger partial charge in [-0.3, -0.25) is 9.10 Å². The highest BCUT2D eigenvalue weighted by Crippen LogP contribution is 2.25. The Morgan fingerprint density at radius 2 is 1.67 bits per heavy atom. The molecule has 1 unspecified atom stereocenters. The Hall–Kier alpha value is -2.64. The lowest BCUT2D eigenvalue weighted by Crippen LogP contribution is -2.31. The van der Waals surface area contributed by atoms with Crippen LogP contribution in [0.5, 0.6) is 0 Å². The monoisotopic (exact) mass is 400 g/mol. The minimum Gasteiger partial charge on any atom is -0.345 e. The molecular formula is C20H20N2O3S2. The minimum absolute atomic E-state index is 0.0211. The van der Waals surface area contributed by atoms with Crippen LogP contribution in [0.2, 0.25) is 0 Å². The Bertz CT molecular complexity index is 1020. The van der Waals surface area contributed by atoms with E-state index in [0.717, 1.165) is 4.88 Å². The van der Waals surface area contributed by atoms with E-state index in [1.165, 1.54) is 34.8 Å². The van der Waals surface area contributed by atoms with E-state index in [9.17, 15) is 13.2 Å². The van der Waals surface area contributed by atoms with Crippen LogP contribution >= 0.6 is 11.3 Å². The van der Waals surface area contributed by atoms with Crippen molar-refractivity contribution in [3.63, 3.8) is 0 Å². The molecule has 0 bridgehead atoms. The second-order valence-electron chi connectivity index (χ2n) is 6.01. The van der Waals surface area contributed by atoms with Gasteiger partial charge >= 0.3 is 0 Å². The SMILES string of the molecule is CC(NC(=O)c1ccccc1S(=O)(=O)N(C)c1ccccc1)c1cccs1. The van der Waals surface area contributed by atoms with Gasteiger partial charge in [-0.15, -0.1) is 11.3 Å². The molecule has 3 rings (SSSR count). The lowest BCUT2D eigenvalue weighted by atomic mass is 10.2. The van der Waals surface area contributed by atoms with Crippen molar-refractivity contribution in [1.82, 2.24) is 5.32 Å². The van der Waals surface area contributed by atoms with Crippen LogP contribution in [0.3, 0.4) is 0 Å². The predicted octanol–water partition coefficient (Wildman–Crippen LogP) is 4.06. The summed E-state index contributed by atoms with van der Waals surface area (Å²) in [5.74, 6) is -0.420. The number of hydrogen-bond acceptors (Lipinski definition) is 4. The maximum absolute atomic E-state index is 13.1. The Morgan fingerprint density at radius 1 is 1.00 bits per heavy atom. The molecule has 0 saturated carbocycles. The van der Waals surface area contributed by atoms with Crippen LogP contribution < -0.4 is 9.62 Å². The zero-order chi connectivity index (χ0) is 19.4. The van der Waals surface area contributed by atoms with E-state index in [-0.39, 0.29) is 16.5 Å². The van der Waals surface area contributed by atoms with E-state index in [4.69, 9.17) is 0 Å². The van der Waals surface area contributed by atoms with E-state index in [2.05, 4.69) is 5.32 Å². The zero-order valence-corrected chi connectivity index (χ0v) is 16.6. The molecule has 1 N–H and O–H groups in total. The molecule has 0 saturated heterocycles. The van der Waals surface area contributed by atoms with Gasteiger partial charge in [0.25, 0.3) is 15.9 Å². The average Bonchev–Trinajstić information content (AvgIpc) is 3.23. The third-order valence-corrected chi connectivity index (χ3v) is 7.11. The molecule has 5 nitrogen and oxygen atoms in total. The van der Waals surface area contributed by atoms with Crippen LogP contribution in [0, 0.1) is 0 Å². The molecule has 0 aliphatic rings. The highest BCUT2D eigenvalue weighted by molar-refractivity contribution is 7.92. The summed E-state index contributed by atoms with van der Waals surface area (Å²) in [5, 5.41) is 4.81. The standard InChI is InChI=1S/C20H20N2O3S2/c1-15(18-12-8-14-26-18)21-20(23)17-11-6-7-13-19(17)27(24,25)22(2)16-9-4-3-5-10-16/h3-15H,1-2H3,(H,21,23). The maximum atomic E-state index is 13.1. The van der Waals surface area contributed by atoms with E-state index >= 15 is 0 Å². The van der Waals surface area contributed by atoms with E-state index < -0.39 is 15.9 Å². The molecule has 0 spiro atoms. The summed E-state index contributed by atoms with van der Waals surface area (Å²) in [4.78, 5) is 13.8. The molecule has 0 aliphatic heterocycles. The summed E-state index contributed by atoms with van der Waals surface area (Å²) in [5.41, 5.74) is 0.656. The third kappa shape index (κ3) is 4.04. The van der Waals surface area contributed by atoms with Crippen molar-refractivity contribution in [3.8, 4) is 0 Å². The first kappa shape index (κ1) is 19.1. The first-order chi connectivity index (χ1) is 12.9. The number of carbonyl (C=O) groups excluding carboxylic acids is 1. The average molecular weight is 401 g/mol. The van der Waals surface area contributed by atoms with Gasteiger partial charge in [-0.25, -0.2) is 8.42 Å². The molecule has 27 heavy (non-hydrogen) atoms. The number of sulfonamides is 1. The number of carbonyl (C=O) groups is 1. The minimum atomic E-state index is -3.88. The second-order valence-corrected chi connectivity index (χ2v) is 8.93. The van der Waals surface area contributed by atoms with Gasteiger partial charge in [0.2, 0.25) is 0 Å². The quantitative estimate of drug-likeness (QED) is 0.678. The second kappa shape index (κ2) is 7.94. The van der Waals surface area contributed by atoms with Crippen molar-refractivity contribution < 1.29 is 13.2 Å². The Labute approximate surface area is 163 Å². The number of benzene rings is 2. The summed E-state index contributed by atoms with van der Waals surface area (Å²) in [6, 6.07) is 18.7. The smallest absolute Gasteiger partial charge is 0.264 e. The van der Waals surface area contributed by atoms with Crippen molar-refractivity contribution in [1.29, 1.82) is 0 Å². The van der Waals surface area contributed by atoms with E-state index in [0.29, 0.717) is 5.69 Å². The fraction of sp³-hybridized carbons (Fsp3) is 0.150. The van der Waals surface area contributed by atoms with Crippen molar-refractivity contribution >= 4 is 33.0 Å². The number of para-hydroxylation sites is 1. The van der Waals surface area contributed by atoms with Gasteiger partial charge in [0.05, 0.1) is 17.3 Å². The van der Waals surface area contributed by atoms with Crippen molar-refractivity contribution in [3.05, 3.63) is 82.6 Å². The molecular weight excluding hydrogens is 380 g/mol. The molecule has 0 fully saturated rings. The lowest BCUT2D eigenvalue weighted by molar-refractivity contribution is 0.0937. The first-order valence-corrected chi connectivity index (χ1v) is 10.7. The van der Waals surface area contributed by atoms with Gasteiger partial charge in [0, 0.05) is 11.9 Å². The summed E-state index contributed by atoms with van der Waals surface area (Å²) in [6.07, 6.45) is 0. The number of rotatable bonds is 6. The number of nitrogens with zero attached hydrogens (tertiary/aromatic N) is 1. The Balaban J connectivity index is 1.92. The molecule has 1 heterocycles. The van der Waals surface area contributed by atoms with Gasteiger partial charge in [0.1, 0.15) is 4.90 Å². The van der Waals surface area contributed by atoms with Crippen LogP contribution in [0.1, 0.15) is 28.2 Å². The third-order valence-electron chi connectivity index (χ3n) is 4.21. The van der Waals surface area contributed by atoms with Gasteiger partial charge in [0.15, 0.2) is 0 Å². The van der Waals surface area contributed by atoms with Crippen molar-refractivity contribution in [2.75, 3.05) is 11.4 Å². The number of hydrogen-bond donors (Lipinski definition) is 1. The molecule has 1 aromatic heterocycles. The summed E-state index contributed by atoms with van der Waals surface area (Å²) < 4.78 is 27.4. The van der Waals surface area contributed by atoms with Gasteiger partial charge in [-0.05, 0) is 42.6 Å². The van der Waals surface area contributed by atoms with Crippen molar-refractivity contribution in [2.24, 2.45) is 0 Å². The molecule has 1 atom stereocenters. The molecule has 1 amide bonds. The number of amides is 1. The summed E-state index contributed by atoms with van der Waals surface area (Å²) in [6.45, 7) is 1.87. The summed E-state index contributed by atoms with van der Waals surface area (Å²) >= 11 is 1.54. The normalized spacial score (nSPS) is 12.4. The Kier molecular flexibility index (Phi) is 5.62. The molecule has 140 valence electrons. The largest absolute Gasteiger partial charge is 0.345 e.